The fraction of sp³-hybridized carbons (Fsp3) is 0.889. The van der Waals surface area contributed by atoms with E-state index in [0.29, 0.717) is 12.6 Å². The highest BCUT2D eigenvalue weighted by Gasteiger charge is 2.21. The predicted octanol–water partition coefficient (Wildman–Crippen LogP) is 0.561. The Hall–Kier alpha value is -0.770. The van der Waals surface area contributed by atoms with Gasteiger partial charge in [0.2, 0.25) is 0 Å². The molecule has 0 bridgehead atoms. The van der Waals surface area contributed by atoms with Gasteiger partial charge in [-0.1, -0.05) is 0 Å². The number of nitrogens with one attached hydrogen (secondary N) is 1. The molecule has 0 aromatic heterocycles. The van der Waals surface area contributed by atoms with Crippen molar-refractivity contribution in [3.05, 3.63) is 0 Å². The fourth-order valence-corrected chi connectivity index (χ4v) is 1.32. The van der Waals surface area contributed by atoms with Crippen molar-refractivity contribution < 1.29 is 9.90 Å². The average molecular weight is 186 g/mol. The van der Waals surface area contributed by atoms with Gasteiger partial charge in [-0.05, 0) is 26.2 Å². The molecule has 0 aromatic carbocycles. The Kier molecular flexibility index (Phi) is 3.54. The maximum Gasteiger partial charge on any atom is 0.317 e. The minimum Gasteiger partial charge on any atom is -0.392 e. The van der Waals surface area contributed by atoms with Crippen molar-refractivity contribution in [1.29, 1.82) is 0 Å². The molecular formula is C9H18N2O2. The van der Waals surface area contributed by atoms with Gasteiger partial charge in [0, 0.05) is 19.6 Å². The molecule has 0 radical (unpaired) electrons. The predicted molar refractivity (Wildman–Crippen MR) is 50.5 cm³/mol. The molecule has 0 spiro atoms. The second kappa shape index (κ2) is 4.46. The van der Waals surface area contributed by atoms with E-state index in [-0.39, 0.29) is 6.03 Å². The molecule has 1 saturated carbocycles. The third-order valence-corrected chi connectivity index (χ3v) is 2.32. The molecule has 1 atom stereocenters. The average Bonchev–Trinajstić information content (AvgIpc) is 1.94. The highest BCUT2D eigenvalue weighted by atomic mass is 16.3. The lowest BCUT2D eigenvalue weighted by Crippen LogP contribution is -2.47. The van der Waals surface area contributed by atoms with Gasteiger partial charge in [0.25, 0.3) is 0 Å². The van der Waals surface area contributed by atoms with Crippen LogP contribution in [-0.4, -0.2) is 41.8 Å². The first kappa shape index (κ1) is 10.3. The normalized spacial score (nSPS) is 19.0. The topological polar surface area (TPSA) is 52.6 Å². The Morgan fingerprint density at radius 3 is 2.69 bits per heavy atom. The Morgan fingerprint density at radius 1 is 1.69 bits per heavy atom. The first-order valence-corrected chi connectivity index (χ1v) is 4.79. The van der Waals surface area contributed by atoms with Crippen LogP contribution in [0.15, 0.2) is 0 Å². The lowest BCUT2D eigenvalue weighted by atomic mass is 9.93. The van der Waals surface area contributed by atoms with E-state index in [0.717, 1.165) is 12.8 Å². The Bertz CT molecular complexity index is 178. The summed E-state index contributed by atoms with van der Waals surface area (Å²) in [5.74, 6) is 0. The summed E-state index contributed by atoms with van der Waals surface area (Å²) < 4.78 is 0. The maximum atomic E-state index is 11.4. The van der Waals surface area contributed by atoms with Crippen molar-refractivity contribution in [2.45, 2.75) is 38.3 Å². The van der Waals surface area contributed by atoms with Gasteiger partial charge in [0.05, 0.1) is 6.10 Å². The number of hydrogen-bond donors (Lipinski definition) is 2. The number of urea groups is 1. The van der Waals surface area contributed by atoms with Gasteiger partial charge < -0.3 is 15.3 Å². The summed E-state index contributed by atoms with van der Waals surface area (Å²) in [5.41, 5.74) is 0. The minimum absolute atomic E-state index is 0.0781. The number of likely N-dealkylation sites (N-methyl/N-ethyl adjacent to an activating group) is 1. The second-order valence-corrected chi connectivity index (χ2v) is 3.81. The van der Waals surface area contributed by atoms with Crippen LogP contribution in [0.1, 0.15) is 26.2 Å². The molecule has 1 unspecified atom stereocenters. The van der Waals surface area contributed by atoms with Gasteiger partial charge in [-0.3, -0.25) is 0 Å². The molecule has 4 heteroatoms. The molecule has 1 aliphatic rings. The van der Waals surface area contributed by atoms with Gasteiger partial charge in [-0.15, -0.1) is 0 Å². The smallest absolute Gasteiger partial charge is 0.317 e. The quantitative estimate of drug-likeness (QED) is 0.676. The number of hydrogen-bond acceptors (Lipinski definition) is 2. The van der Waals surface area contributed by atoms with Crippen LogP contribution in [0.3, 0.4) is 0 Å². The molecule has 1 aliphatic carbocycles. The summed E-state index contributed by atoms with van der Waals surface area (Å²) >= 11 is 0. The van der Waals surface area contributed by atoms with Crippen molar-refractivity contribution in [3.63, 3.8) is 0 Å². The number of rotatable bonds is 3. The van der Waals surface area contributed by atoms with Crippen LogP contribution in [0, 0.1) is 0 Å². The largest absolute Gasteiger partial charge is 0.392 e. The molecular weight excluding hydrogens is 168 g/mol. The SMILES string of the molecule is CC(O)CN(C)C(=O)NC1CCC1. The molecule has 4 nitrogen and oxygen atoms in total. The molecule has 2 N–H and O–H groups in total. The van der Waals surface area contributed by atoms with Crippen molar-refractivity contribution in [2.75, 3.05) is 13.6 Å². The molecule has 0 aliphatic heterocycles. The van der Waals surface area contributed by atoms with E-state index in [9.17, 15) is 4.79 Å². The molecule has 76 valence electrons. The Balaban J connectivity index is 2.20. The van der Waals surface area contributed by atoms with Gasteiger partial charge in [-0.2, -0.15) is 0 Å². The van der Waals surface area contributed by atoms with E-state index >= 15 is 0 Å². The molecule has 0 saturated heterocycles. The summed E-state index contributed by atoms with van der Waals surface area (Å²) in [6.45, 7) is 2.06. The third kappa shape index (κ3) is 3.22. The van der Waals surface area contributed by atoms with E-state index in [2.05, 4.69) is 5.32 Å². The molecule has 2 amide bonds. The van der Waals surface area contributed by atoms with Crippen LogP contribution in [-0.2, 0) is 0 Å². The number of carbonyl (C=O) groups excluding carboxylic acids is 1. The number of carbonyl (C=O) groups is 1. The van der Waals surface area contributed by atoms with Crippen molar-refractivity contribution in [1.82, 2.24) is 10.2 Å². The van der Waals surface area contributed by atoms with Gasteiger partial charge in [0.1, 0.15) is 0 Å². The highest BCUT2D eigenvalue weighted by Crippen LogP contribution is 2.17. The van der Waals surface area contributed by atoms with Crippen LogP contribution < -0.4 is 5.32 Å². The van der Waals surface area contributed by atoms with Gasteiger partial charge in [-0.25, -0.2) is 4.79 Å². The Labute approximate surface area is 78.9 Å². The van der Waals surface area contributed by atoms with E-state index in [1.807, 2.05) is 0 Å². The summed E-state index contributed by atoms with van der Waals surface area (Å²) in [6.07, 6.45) is 2.94. The molecule has 1 fully saturated rings. The zero-order valence-corrected chi connectivity index (χ0v) is 8.29. The van der Waals surface area contributed by atoms with Gasteiger partial charge >= 0.3 is 6.03 Å². The zero-order valence-electron chi connectivity index (χ0n) is 8.29. The van der Waals surface area contributed by atoms with E-state index in [1.54, 1.807) is 14.0 Å². The van der Waals surface area contributed by atoms with Crippen LogP contribution in [0.2, 0.25) is 0 Å². The van der Waals surface area contributed by atoms with Crippen LogP contribution in [0.5, 0.6) is 0 Å². The second-order valence-electron chi connectivity index (χ2n) is 3.81. The van der Waals surface area contributed by atoms with Crippen LogP contribution in [0.25, 0.3) is 0 Å². The molecule has 1 rings (SSSR count). The number of aliphatic hydroxyl groups excluding tert-OH is 1. The maximum absolute atomic E-state index is 11.4. The fourth-order valence-electron chi connectivity index (χ4n) is 1.32. The summed E-state index contributed by atoms with van der Waals surface area (Å²) in [4.78, 5) is 12.9. The van der Waals surface area contributed by atoms with Crippen molar-refractivity contribution >= 4 is 6.03 Å². The molecule has 13 heavy (non-hydrogen) atoms. The summed E-state index contributed by atoms with van der Waals surface area (Å²) in [5, 5.41) is 12.0. The van der Waals surface area contributed by atoms with E-state index in [1.165, 1.54) is 11.3 Å². The third-order valence-electron chi connectivity index (χ3n) is 2.32. The van der Waals surface area contributed by atoms with E-state index < -0.39 is 6.10 Å². The van der Waals surface area contributed by atoms with E-state index in [4.69, 9.17) is 5.11 Å². The monoisotopic (exact) mass is 186 g/mol. The van der Waals surface area contributed by atoms with Crippen molar-refractivity contribution in [2.24, 2.45) is 0 Å². The first-order valence-electron chi connectivity index (χ1n) is 4.79. The number of aliphatic hydroxyl groups is 1. The van der Waals surface area contributed by atoms with Crippen LogP contribution in [0.4, 0.5) is 4.79 Å². The standard InChI is InChI=1S/C9H18N2O2/c1-7(12)6-11(2)9(13)10-8-4-3-5-8/h7-8,12H,3-6H2,1-2H3,(H,10,13). The summed E-state index contributed by atoms with van der Waals surface area (Å²) in [6, 6.07) is 0.287. The molecule has 0 aromatic rings. The highest BCUT2D eigenvalue weighted by molar-refractivity contribution is 5.74. The summed E-state index contributed by atoms with van der Waals surface area (Å²) in [7, 11) is 1.70. The molecule has 0 heterocycles. The number of nitrogens with zero attached hydrogens (tertiary/aromatic N) is 1. The lowest BCUT2D eigenvalue weighted by molar-refractivity contribution is 0.140. The zero-order chi connectivity index (χ0) is 9.84. The number of amides is 2. The Morgan fingerprint density at radius 2 is 2.31 bits per heavy atom. The first-order chi connectivity index (χ1) is 6.09. The van der Waals surface area contributed by atoms with Gasteiger partial charge in [0.15, 0.2) is 0 Å². The van der Waals surface area contributed by atoms with Crippen molar-refractivity contribution in [3.8, 4) is 0 Å². The lowest BCUT2D eigenvalue weighted by Gasteiger charge is -2.29. The van der Waals surface area contributed by atoms with Crippen LogP contribution >= 0.6 is 0 Å². The minimum atomic E-state index is -0.461.